The van der Waals surface area contributed by atoms with Gasteiger partial charge in [0.15, 0.2) is 0 Å². The molecule has 1 atom stereocenters. The number of alkyl halides is 1. The molecule has 1 aromatic carbocycles. The summed E-state index contributed by atoms with van der Waals surface area (Å²) < 4.78 is 1.20. The predicted octanol–water partition coefficient (Wildman–Crippen LogP) is 5.58. The minimum atomic E-state index is 0.799. The predicted molar refractivity (Wildman–Crippen MR) is 81.7 cm³/mol. The van der Waals surface area contributed by atoms with Crippen molar-refractivity contribution < 1.29 is 0 Å². The second kappa shape index (κ2) is 6.94. The van der Waals surface area contributed by atoms with Crippen LogP contribution in [0.4, 0.5) is 0 Å². The second-order valence-electron chi connectivity index (χ2n) is 5.24. The summed E-state index contributed by atoms with van der Waals surface area (Å²) in [4.78, 5) is 0. The largest absolute Gasteiger partial charge is 0.0925 e. The van der Waals surface area contributed by atoms with Gasteiger partial charge in [-0.25, -0.2) is 0 Å². The molecule has 1 unspecified atom stereocenters. The zero-order chi connectivity index (χ0) is 12.1. The molecule has 0 aliphatic heterocycles. The smallest absolute Gasteiger partial charge is 0.0177 e. The SMILES string of the molecule is BrCC(Cc1cccc(Br)c1)CC1CCCC1. The summed E-state index contributed by atoms with van der Waals surface area (Å²) in [6.07, 6.45) is 8.44. The molecule has 0 aromatic heterocycles. The average molecular weight is 360 g/mol. The van der Waals surface area contributed by atoms with Crippen molar-refractivity contribution >= 4 is 31.9 Å². The standard InChI is InChI=1S/C15H20Br2/c16-11-14(8-12-4-1-2-5-12)9-13-6-3-7-15(17)10-13/h3,6-7,10,12,14H,1-2,4-5,8-9,11H2. The van der Waals surface area contributed by atoms with E-state index >= 15 is 0 Å². The third kappa shape index (κ3) is 4.40. The van der Waals surface area contributed by atoms with Crippen LogP contribution < -0.4 is 0 Å². The van der Waals surface area contributed by atoms with E-state index in [1.165, 1.54) is 48.6 Å². The summed E-state index contributed by atoms with van der Waals surface area (Å²) in [7, 11) is 0. The van der Waals surface area contributed by atoms with Crippen LogP contribution in [-0.2, 0) is 6.42 Å². The number of halogens is 2. The number of rotatable bonds is 5. The van der Waals surface area contributed by atoms with Crippen molar-refractivity contribution in [1.82, 2.24) is 0 Å². The maximum atomic E-state index is 3.69. The zero-order valence-electron chi connectivity index (χ0n) is 10.2. The maximum absolute atomic E-state index is 3.69. The van der Waals surface area contributed by atoms with Gasteiger partial charge in [-0.15, -0.1) is 0 Å². The average Bonchev–Trinajstić information content (AvgIpc) is 2.81. The Morgan fingerprint density at radius 3 is 2.65 bits per heavy atom. The molecular weight excluding hydrogens is 340 g/mol. The highest BCUT2D eigenvalue weighted by Crippen LogP contribution is 2.32. The molecule has 17 heavy (non-hydrogen) atoms. The number of hydrogen-bond donors (Lipinski definition) is 0. The Morgan fingerprint density at radius 1 is 1.24 bits per heavy atom. The normalized spacial score (nSPS) is 18.5. The van der Waals surface area contributed by atoms with E-state index in [1.54, 1.807) is 0 Å². The first-order valence-corrected chi connectivity index (χ1v) is 8.50. The lowest BCUT2D eigenvalue weighted by atomic mass is 9.90. The van der Waals surface area contributed by atoms with Gasteiger partial charge in [0.2, 0.25) is 0 Å². The topological polar surface area (TPSA) is 0 Å². The molecule has 1 aromatic rings. The quantitative estimate of drug-likeness (QED) is 0.601. The van der Waals surface area contributed by atoms with Crippen molar-refractivity contribution in [2.75, 3.05) is 5.33 Å². The van der Waals surface area contributed by atoms with Gasteiger partial charge in [-0.3, -0.25) is 0 Å². The summed E-state index contributed by atoms with van der Waals surface area (Å²) in [5.74, 6) is 1.79. The first-order valence-electron chi connectivity index (χ1n) is 6.58. The molecule has 0 radical (unpaired) electrons. The van der Waals surface area contributed by atoms with Crippen LogP contribution in [0.5, 0.6) is 0 Å². The Hall–Kier alpha value is 0.180. The van der Waals surface area contributed by atoms with E-state index in [1.807, 2.05) is 0 Å². The van der Waals surface area contributed by atoms with Crippen LogP contribution in [0.2, 0.25) is 0 Å². The van der Waals surface area contributed by atoms with Gasteiger partial charge in [0, 0.05) is 9.80 Å². The Labute approximate surface area is 121 Å². The van der Waals surface area contributed by atoms with Crippen molar-refractivity contribution in [2.45, 2.75) is 38.5 Å². The van der Waals surface area contributed by atoms with Crippen molar-refractivity contribution in [3.05, 3.63) is 34.3 Å². The molecule has 0 amide bonds. The van der Waals surface area contributed by atoms with Crippen molar-refractivity contribution in [1.29, 1.82) is 0 Å². The first kappa shape index (κ1) is 13.6. The van der Waals surface area contributed by atoms with Gasteiger partial charge in [0.1, 0.15) is 0 Å². The third-order valence-corrected chi connectivity index (χ3v) is 5.18. The molecule has 2 heteroatoms. The molecule has 1 aliphatic rings. The molecule has 2 rings (SSSR count). The van der Waals surface area contributed by atoms with Crippen LogP contribution in [0.25, 0.3) is 0 Å². The fourth-order valence-corrected chi connectivity index (χ4v) is 3.86. The molecule has 0 N–H and O–H groups in total. The Morgan fingerprint density at radius 2 is 2.00 bits per heavy atom. The van der Waals surface area contributed by atoms with E-state index in [9.17, 15) is 0 Å². The minimum absolute atomic E-state index is 0.799. The van der Waals surface area contributed by atoms with Crippen molar-refractivity contribution in [3.63, 3.8) is 0 Å². The van der Waals surface area contributed by atoms with Gasteiger partial charge in [0.25, 0.3) is 0 Å². The van der Waals surface area contributed by atoms with Crippen molar-refractivity contribution in [2.24, 2.45) is 11.8 Å². The van der Waals surface area contributed by atoms with E-state index in [0.717, 1.165) is 17.2 Å². The van der Waals surface area contributed by atoms with Crippen LogP contribution >= 0.6 is 31.9 Å². The number of benzene rings is 1. The first-order chi connectivity index (χ1) is 8.28. The highest BCUT2D eigenvalue weighted by atomic mass is 79.9. The fourth-order valence-electron chi connectivity index (χ4n) is 2.92. The van der Waals surface area contributed by atoms with E-state index in [0.29, 0.717) is 0 Å². The Kier molecular flexibility index (Phi) is 5.55. The summed E-state index contributed by atoms with van der Waals surface area (Å²) in [6.45, 7) is 0. The molecule has 1 saturated carbocycles. The van der Waals surface area contributed by atoms with Gasteiger partial charge >= 0.3 is 0 Å². The Balaban J connectivity index is 1.90. The van der Waals surface area contributed by atoms with Crippen LogP contribution in [0, 0.1) is 11.8 Å². The molecule has 1 aliphatic carbocycles. The van der Waals surface area contributed by atoms with Crippen molar-refractivity contribution in [3.8, 4) is 0 Å². The fraction of sp³-hybridized carbons (Fsp3) is 0.600. The van der Waals surface area contributed by atoms with Gasteiger partial charge in [-0.2, -0.15) is 0 Å². The Bertz CT molecular complexity index is 343. The monoisotopic (exact) mass is 358 g/mol. The van der Waals surface area contributed by atoms with Crippen LogP contribution in [0.1, 0.15) is 37.7 Å². The minimum Gasteiger partial charge on any atom is -0.0925 e. The molecule has 1 fully saturated rings. The van der Waals surface area contributed by atoms with E-state index in [4.69, 9.17) is 0 Å². The number of hydrogen-bond acceptors (Lipinski definition) is 0. The van der Waals surface area contributed by atoms with Gasteiger partial charge in [-0.05, 0) is 42.4 Å². The van der Waals surface area contributed by atoms with Crippen LogP contribution in [-0.4, -0.2) is 5.33 Å². The van der Waals surface area contributed by atoms with E-state index < -0.39 is 0 Å². The molecule has 0 spiro atoms. The lowest BCUT2D eigenvalue weighted by Gasteiger charge is -2.18. The molecule has 0 saturated heterocycles. The summed E-state index contributed by atoms with van der Waals surface area (Å²) >= 11 is 7.24. The second-order valence-corrected chi connectivity index (χ2v) is 6.80. The third-order valence-electron chi connectivity index (χ3n) is 3.77. The highest BCUT2D eigenvalue weighted by molar-refractivity contribution is 9.10. The van der Waals surface area contributed by atoms with Gasteiger partial charge in [-0.1, -0.05) is 69.7 Å². The van der Waals surface area contributed by atoms with E-state index in [-0.39, 0.29) is 0 Å². The summed E-state index contributed by atoms with van der Waals surface area (Å²) in [5.41, 5.74) is 1.46. The zero-order valence-corrected chi connectivity index (χ0v) is 13.3. The molecular formula is C15H20Br2. The summed E-state index contributed by atoms with van der Waals surface area (Å²) in [6, 6.07) is 8.74. The molecule has 0 bridgehead atoms. The molecule has 0 heterocycles. The molecule has 0 nitrogen and oxygen atoms in total. The van der Waals surface area contributed by atoms with Crippen LogP contribution in [0.15, 0.2) is 28.7 Å². The summed E-state index contributed by atoms with van der Waals surface area (Å²) in [5, 5.41) is 1.13. The van der Waals surface area contributed by atoms with Crippen LogP contribution in [0.3, 0.4) is 0 Å². The lowest BCUT2D eigenvalue weighted by molar-refractivity contribution is 0.402. The lowest BCUT2D eigenvalue weighted by Crippen LogP contribution is -2.11. The van der Waals surface area contributed by atoms with Gasteiger partial charge < -0.3 is 0 Å². The van der Waals surface area contributed by atoms with E-state index in [2.05, 4.69) is 56.1 Å². The van der Waals surface area contributed by atoms with Gasteiger partial charge in [0.05, 0.1) is 0 Å². The highest BCUT2D eigenvalue weighted by Gasteiger charge is 2.19. The maximum Gasteiger partial charge on any atom is 0.0177 e. The molecule has 94 valence electrons.